The highest BCUT2D eigenvalue weighted by Crippen LogP contribution is 2.54. The molecule has 11 heteroatoms. The Morgan fingerprint density at radius 2 is 1.97 bits per heavy atom. The number of ether oxygens (including phenoxy) is 3. The van der Waals surface area contributed by atoms with Crippen LogP contribution in [0.3, 0.4) is 0 Å². The summed E-state index contributed by atoms with van der Waals surface area (Å²) >= 11 is 12.2. The molecule has 2 aliphatic rings. The minimum Gasteiger partial charge on any atom is -0.490 e. The van der Waals surface area contributed by atoms with E-state index in [0.717, 1.165) is 16.7 Å². The van der Waals surface area contributed by atoms with Gasteiger partial charge in [0.15, 0.2) is 23.1 Å². The average molecular weight is 514 g/mol. The first-order valence-corrected chi connectivity index (χ1v) is 12.0. The number of pyridine rings is 1. The normalized spacial score (nSPS) is 27.9. The number of nitrogens with zero attached hydrogens (tertiary/aromatic N) is 5. The summed E-state index contributed by atoms with van der Waals surface area (Å²) in [6.45, 7) is 3.43. The molecule has 2 fully saturated rings. The van der Waals surface area contributed by atoms with E-state index >= 15 is 0 Å². The SMILES string of the molecule is CC(=O)O[C@H]1[C@H](n2cnc3c(Cl)ncnc32)O[C@]2(C[C@@H](Oc3ccc4ccc(Cl)nc4c3)C2)[C@H]1C. The number of esters is 1. The predicted molar refractivity (Wildman–Crippen MR) is 128 cm³/mol. The van der Waals surface area contributed by atoms with Crippen LogP contribution < -0.4 is 4.74 Å². The molecule has 1 spiro atoms. The smallest absolute Gasteiger partial charge is 0.303 e. The van der Waals surface area contributed by atoms with E-state index in [1.807, 2.05) is 31.2 Å². The average Bonchev–Trinajstić information content (AvgIpc) is 3.34. The number of hydrogen-bond acceptors (Lipinski definition) is 8. The standard InChI is InChI=1S/C24H21Cl2N5O4/c1-12-20(33-13(2)32)23(31-11-29-19-21(26)27-10-28-22(19)31)35-24(12)8-16(9-24)34-15-5-3-14-4-6-18(25)30-17(14)7-15/h3-7,10-12,16,20,23H,8-9H2,1-2H3/t12-,16-,20+,23+,24+/m0/s1. The van der Waals surface area contributed by atoms with Gasteiger partial charge in [0.25, 0.3) is 0 Å². The van der Waals surface area contributed by atoms with Gasteiger partial charge in [0, 0.05) is 37.1 Å². The van der Waals surface area contributed by atoms with Crippen LogP contribution in [0.5, 0.6) is 5.75 Å². The van der Waals surface area contributed by atoms with E-state index in [1.54, 1.807) is 17.0 Å². The zero-order valence-electron chi connectivity index (χ0n) is 18.9. The highest BCUT2D eigenvalue weighted by atomic mass is 35.5. The van der Waals surface area contributed by atoms with Crippen LogP contribution in [0.15, 0.2) is 43.0 Å². The lowest BCUT2D eigenvalue weighted by molar-refractivity contribution is -0.171. The number of aromatic nitrogens is 5. The lowest BCUT2D eigenvalue weighted by atomic mass is 9.69. The van der Waals surface area contributed by atoms with Gasteiger partial charge in [0.1, 0.15) is 28.9 Å². The summed E-state index contributed by atoms with van der Waals surface area (Å²) < 4.78 is 20.3. The van der Waals surface area contributed by atoms with Crippen LogP contribution in [0.25, 0.3) is 22.1 Å². The van der Waals surface area contributed by atoms with Gasteiger partial charge in [0.2, 0.25) is 0 Å². The van der Waals surface area contributed by atoms with Gasteiger partial charge in [-0.15, -0.1) is 0 Å². The van der Waals surface area contributed by atoms with E-state index < -0.39 is 17.9 Å². The second-order valence-corrected chi connectivity index (χ2v) is 9.81. The van der Waals surface area contributed by atoms with Crippen molar-refractivity contribution in [3.63, 3.8) is 0 Å². The molecular weight excluding hydrogens is 493 g/mol. The van der Waals surface area contributed by atoms with Crippen molar-refractivity contribution in [3.8, 4) is 5.75 Å². The molecule has 3 atom stereocenters. The van der Waals surface area contributed by atoms with Crippen LogP contribution in [0.2, 0.25) is 10.3 Å². The number of benzene rings is 1. The molecule has 4 heterocycles. The zero-order chi connectivity index (χ0) is 24.3. The molecule has 1 aliphatic carbocycles. The third kappa shape index (κ3) is 3.78. The Morgan fingerprint density at radius 1 is 1.17 bits per heavy atom. The van der Waals surface area contributed by atoms with Crippen molar-refractivity contribution < 1.29 is 19.0 Å². The molecule has 9 nitrogen and oxygen atoms in total. The maximum Gasteiger partial charge on any atom is 0.303 e. The number of halogens is 2. The summed E-state index contributed by atoms with van der Waals surface area (Å²) in [5.74, 6) is 0.264. The first kappa shape index (κ1) is 22.5. The van der Waals surface area contributed by atoms with E-state index in [9.17, 15) is 4.79 Å². The number of hydrogen-bond donors (Lipinski definition) is 0. The summed E-state index contributed by atoms with van der Waals surface area (Å²) in [6, 6.07) is 9.46. The number of carbonyl (C=O) groups excluding carboxylic acids is 1. The summed E-state index contributed by atoms with van der Waals surface area (Å²) in [7, 11) is 0. The molecule has 1 saturated heterocycles. The molecule has 35 heavy (non-hydrogen) atoms. The minimum atomic E-state index is -0.599. The van der Waals surface area contributed by atoms with Crippen molar-refractivity contribution in [2.75, 3.05) is 0 Å². The van der Waals surface area contributed by atoms with Crippen molar-refractivity contribution in [3.05, 3.63) is 53.3 Å². The summed E-state index contributed by atoms with van der Waals surface area (Å²) in [5, 5.41) is 1.68. The van der Waals surface area contributed by atoms with Gasteiger partial charge in [-0.2, -0.15) is 0 Å². The summed E-state index contributed by atoms with van der Waals surface area (Å²) in [6.07, 6.45) is 3.08. The molecule has 0 radical (unpaired) electrons. The topological polar surface area (TPSA) is 101 Å². The molecule has 0 amide bonds. The van der Waals surface area contributed by atoms with Crippen LogP contribution in [-0.2, 0) is 14.3 Å². The van der Waals surface area contributed by atoms with Crippen molar-refractivity contribution in [1.29, 1.82) is 0 Å². The Kier molecular flexibility index (Phi) is 5.32. The molecule has 3 aromatic heterocycles. The highest BCUT2D eigenvalue weighted by molar-refractivity contribution is 6.33. The zero-order valence-corrected chi connectivity index (χ0v) is 20.4. The molecule has 4 aromatic rings. The third-order valence-corrected chi connectivity index (χ3v) is 7.42. The number of carbonyl (C=O) groups is 1. The van der Waals surface area contributed by atoms with Gasteiger partial charge in [-0.05, 0) is 24.3 Å². The Hall–Kier alpha value is -3.01. The lowest BCUT2D eigenvalue weighted by Crippen LogP contribution is -2.54. The van der Waals surface area contributed by atoms with E-state index in [2.05, 4.69) is 19.9 Å². The number of fused-ring (bicyclic) bond motifs is 2. The van der Waals surface area contributed by atoms with Crippen molar-refractivity contribution in [1.82, 2.24) is 24.5 Å². The molecule has 0 N–H and O–H groups in total. The second-order valence-electron chi connectivity index (χ2n) is 9.06. The fourth-order valence-corrected chi connectivity index (χ4v) is 5.47. The first-order valence-electron chi connectivity index (χ1n) is 11.2. The van der Waals surface area contributed by atoms with Crippen molar-refractivity contribution in [2.24, 2.45) is 5.92 Å². The molecule has 1 saturated carbocycles. The van der Waals surface area contributed by atoms with E-state index in [0.29, 0.717) is 29.2 Å². The van der Waals surface area contributed by atoms with Crippen molar-refractivity contribution >= 4 is 51.2 Å². The summed E-state index contributed by atoms with van der Waals surface area (Å²) in [4.78, 5) is 29.0. The van der Waals surface area contributed by atoms with Crippen LogP contribution >= 0.6 is 23.2 Å². The molecule has 6 rings (SSSR count). The quantitative estimate of drug-likeness (QED) is 0.218. The first-order chi connectivity index (χ1) is 16.8. The lowest BCUT2D eigenvalue weighted by Gasteiger charge is -2.46. The number of rotatable bonds is 4. The number of imidazole rings is 1. The fraction of sp³-hybridized carbons (Fsp3) is 0.375. The van der Waals surface area contributed by atoms with Crippen LogP contribution in [0.4, 0.5) is 0 Å². The van der Waals surface area contributed by atoms with Crippen LogP contribution in [0, 0.1) is 5.92 Å². The third-order valence-electron chi connectivity index (χ3n) is 6.93. The van der Waals surface area contributed by atoms with Crippen molar-refractivity contribution in [2.45, 2.75) is 50.7 Å². The van der Waals surface area contributed by atoms with Gasteiger partial charge in [-0.1, -0.05) is 30.1 Å². The Balaban J connectivity index is 1.24. The van der Waals surface area contributed by atoms with E-state index in [4.69, 9.17) is 37.4 Å². The minimum absolute atomic E-state index is 0.0536. The van der Waals surface area contributed by atoms with E-state index in [1.165, 1.54) is 13.3 Å². The maximum absolute atomic E-state index is 11.9. The predicted octanol–water partition coefficient (Wildman–Crippen LogP) is 4.76. The molecule has 0 bridgehead atoms. The Morgan fingerprint density at radius 3 is 2.77 bits per heavy atom. The van der Waals surface area contributed by atoms with E-state index in [-0.39, 0.29) is 23.1 Å². The molecule has 1 aromatic carbocycles. The van der Waals surface area contributed by atoms with Gasteiger partial charge in [-0.3, -0.25) is 9.36 Å². The van der Waals surface area contributed by atoms with Crippen LogP contribution in [-0.4, -0.2) is 48.3 Å². The Bertz CT molecular complexity index is 1450. The summed E-state index contributed by atoms with van der Waals surface area (Å²) in [5.41, 5.74) is 1.25. The van der Waals surface area contributed by atoms with Gasteiger partial charge < -0.3 is 14.2 Å². The van der Waals surface area contributed by atoms with Crippen LogP contribution in [0.1, 0.15) is 32.9 Å². The highest BCUT2D eigenvalue weighted by Gasteiger charge is 2.62. The van der Waals surface area contributed by atoms with Gasteiger partial charge in [0.05, 0.1) is 17.4 Å². The largest absolute Gasteiger partial charge is 0.490 e. The molecular formula is C24H21Cl2N5O4. The molecule has 0 unspecified atom stereocenters. The van der Waals surface area contributed by atoms with Gasteiger partial charge in [-0.25, -0.2) is 19.9 Å². The van der Waals surface area contributed by atoms with Gasteiger partial charge >= 0.3 is 5.97 Å². The second kappa shape index (κ2) is 8.29. The molecule has 180 valence electrons. The Labute approximate surface area is 210 Å². The molecule has 1 aliphatic heterocycles. The monoisotopic (exact) mass is 513 g/mol. The fourth-order valence-electron chi connectivity index (χ4n) is 5.14. The maximum atomic E-state index is 11.9.